The number of benzene rings is 1. The van der Waals surface area contributed by atoms with E-state index in [1.54, 1.807) is 0 Å². The average Bonchev–Trinajstić information content (AvgIpc) is 2.72. The fourth-order valence-corrected chi connectivity index (χ4v) is 3.68. The van der Waals surface area contributed by atoms with Gasteiger partial charge in [0.15, 0.2) is 5.60 Å². The summed E-state index contributed by atoms with van der Waals surface area (Å²) in [4.78, 5) is 25.1. The minimum atomic E-state index is -1.05. The molecule has 0 aromatic heterocycles. The highest BCUT2D eigenvalue weighted by Crippen LogP contribution is 2.65. The zero-order valence-corrected chi connectivity index (χ0v) is 12.9. The van der Waals surface area contributed by atoms with Gasteiger partial charge in [0.25, 0.3) is 5.91 Å². The normalized spacial score (nSPS) is 32.9. The third-order valence-electron chi connectivity index (χ3n) is 5.84. The van der Waals surface area contributed by atoms with Crippen LogP contribution in [0.2, 0.25) is 0 Å². The van der Waals surface area contributed by atoms with Crippen LogP contribution in [0.5, 0.6) is 0 Å². The van der Waals surface area contributed by atoms with E-state index in [9.17, 15) is 9.59 Å². The molecule has 0 unspecified atom stereocenters. The predicted molar refractivity (Wildman–Crippen MR) is 79.8 cm³/mol. The molecule has 1 aliphatic carbocycles. The van der Waals surface area contributed by atoms with E-state index in [2.05, 4.69) is 5.32 Å². The van der Waals surface area contributed by atoms with Crippen molar-refractivity contribution in [3.63, 3.8) is 0 Å². The summed E-state index contributed by atoms with van der Waals surface area (Å²) in [5.74, 6) is -0.463. The Balaban J connectivity index is 1.96. The molecule has 1 saturated carbocycles. The number of carbonyl (C=O) groups is 2. The first-order valence-corrected chi connectivity index (χ1v) is 7.35. The van der Waals surface area contributed by atoms with Crippen LogP contribution in [0.4, 0.5) is 5.69 Å². The Bertz CT molecular complexity index is 637. The van der Waals surface area contributed by atoms with Gasteiger partial charge in [0, 0.05) is 11.1 Å². The second-order valence-electron chi connectivity index (χ2n) is 6.94. The summed E-state index contributed by atoms with van der Waals surface area (Å²) >= 11 is 0. The first-order chi connectivity index (χ1) is 9.74. The first kappa shape index (κ1) is 14.1. The van der Waals surface area contributed by atoms with Gasteiger partial charge >= 0.3 is 5.97 Å². The second-order valence-corrected chi connectivity index (χ2v) is 6.94. The molecule has 2 atom stereocenters. The number of hydrogen-bond acceptors (Lipinski definition) is 3. The van der Waals surface area contributed by atoms with Gasteiger partial charge < -0.3 is 10.1 Å². The van der Waals surface area contributed by atoms with Crippen LogP contribution in [0.3, 0.4) is 0 Å². The molecule has 21 heavy (non-hydrogen) atoms. The van der Waals surface area contributed by atoms with E-state index in [-0.39, 0.29) is 11.9 Å². The number of aryl methyl sites for hydroxylation is 1. The molecule has 0 spiro atoms. The Morgan fingerprint density at radius 1 is 1.19 bits per heavy atom. The van der Waals surface area contributed by atoms with E-state index in [1.807, 2.05) is 52.0 Å². The number of esters is 1. The molecule has 2 aliphatic rings. The van der Waals surface area contributed by atoms with Crippen molar-refractivity contribution < 1.29 is 14.3 Å². The van der Waals surface area contributed by atoms with Crippen LogP contribution in [0.25, 0.3) is 0 Å². The Kier molecular flexibility index (Phi) is 2.75. The van der Waals surface area contributed by atoms with Crippen molar-refractivity contribution in [2.75, 3.05) is 5.32 Å². The van der Waals surface area contributed by atoms with Crippen LogP contribution in [0, 0.1) is 17.8 Å². The van der Waals surface area contributed by atoms with Crippen LogP contribution in [0.1, 0.15) is 39.2 Å². The van der Waals surface area contributed by atoms with Gasteiger partial charge in [0.1, 0.15) is 0 Å². The standard InChI is InChI=1S/C17H21NO3/c1-11-7-5-6-8-12(11)18-13(19)17-10-9-16(4,14(20)21-17)15(17,2)3/h5-8H,9-10H2,1-4H3,(H,18,19)/t16-,17-/m0/s1. The number of fused-ring (bicyclic) bond motifs is 2. The van der Waals surface area contributed by atoms with Crippen LogP contribution < -0.4 is 5.32 Å². The summed E-state index contributed by atoms with van der Waals surface area (Å²) < 4.78 is 5.59. The monoisotopic (exact) mass is 287 g/mol. The van der Waals surface area contributed by atoms with Crippen molar-refractivity contribution in [3.05, 3.63) is 29.8 Å². The molecule has 1 aromatic carbocycles. The number of hydrogen-bond donors (Lipinski definition) is 1. The zero-order valence-electron chi connectivity index (χ0n) is 12.9. The number of ether oxygens (including phenoxy) is 1. The molecule has 4 nitrogen and oxygen atoms in total. The topological polar surface area (TPSA) is 55.4 Å². The van der Waals surface area contributed by atoms with Gasteiger partial charge in [-0.25, -0.2) is 0 Å². The van der Waals surface area contributed by atoms with Crippen LogP contribution in [-0.2, 0) is 14.3 Å². The smallest absolute Gasteiger partial charge is 0.313 e. The average molecular weight is 287 g/mol. The Labute approximate surface area is 124 Å². The lowest BCUT2D eigenvalue weighted by atomic mass is 9.66. The number of anilines is 1. The van der Waals surface area contributed by atoms with Crippen molar-refractivity contribution in [2.45, 2.75) is 46.1 Å². The molecule has 1 heterocycles. The largest absolute Gasteiger partial charge is 0.448 e. The molecule has 2 fully saturated rings. The minimum Gasteiger partial charge on any atom is -0.448 e. The van der Waals surface area contributed by atoms with E-state index in [0.29, 0.717) is 12.8 Å². The van der Waals surface area contributed by atoms with Crippen molar-refractivity contribution >= 4 is 17.6 Å². The summed E-state index contributed by atoms with van der Waals surface area (Å²) in [7, 11) is 0. The third-order valence-corrected chi connectivity index (χ3v) is 5.84. The first-order valence-electron chi connectivity index (χ1n) is 7.35. The molecule has 1 aliphatic heterocycles. The molecular weight excluding hydrogens is 266 g/mol. The van der Waals surface area contributed by atoms with Crippen LogP contribution in [0.15, 0.2) is 24.3 Å². The van der Waals surface area contributed by atoms with E-state index in [4.69, 9.17) is 4.74 Å². The van der Waals surface area contributed by atoms with Gasteiger partial charge in [0.05, 0.1) is 5.41 Å². The van der Waals surface area contributed by atoms with Crippen molar-refractivity contribution in [1.82, 2.24) is 0 Å². The lowest BCUT2D eigenvalue weighted by molar-refractivity contribution is -0.165. The molecule has 3 rings (SSSR count). The molecule has 1 amide bonds. The molecule has 1 N–H and O–H groups in total. The summed E-state index contributed by atoms with van der Waals surface area (Å²) in [5, 5.41) is 2.95. The number of amides is 1. The highest BCUT2D eigenvalue weighted by Gasteiger charge is 2.75. The van der Waals surface area contributed by atoms with Crippen molar-refractivity contribution in [3.8, 4) is 0 Å². The number of nitrogens with one attached hydrogen (secondary N) is 1. The highest BCUT2D eigenvalue weighted by molar-refractivity contribution is 6.03. The van der Waals surface area contributed by atoms with E-state index >= 15 is 0 Å². The maximum absolute atomic E-state index is 12.9. The number of carbonyl (C=O) groups excluding carboxylic acids is 2. The fraction of sp³-hybridized carbons (Fsp3) is 0.529. The van der Waals surface area contributed by atoms with Crippen molar-refractivity contribution in [1.29, 1.82) is 0 Å². The Morgan fingerprint density at radius 3 is 2.38 bits per heavy atom. The highest BCUT2D eigenvalue weighted by atomic mass is 16.6. The van der Waals surface area contributed by atoms with Gasteiger partial charge in [-0.1, -0.05) is 32.0 Å². The predicted octanol–water partition coefficient (Wildman–Crippen LogP) is 3.06. The van der Waals surface area contributed by atoms with Crippen LogP contribution in [-0.4, -0.2) is 17.5 Å². The SMILES string of the molecule is Cc1ccccc1NC(=O)[C@]12CC[C@@](C)(C(=O)O1)C2(C)C. The maximum atomic E-state index is 12.9. The van der Waals surface area contributed by atoms with Gasteiger partial charge in [-0.15, -0.1) is 0 Å². The van der Waals surface area contributed by atoms with Gasteiger partial charge in [-0.3, -0.25) is 9.59 Å². The maximum Gasteiger partial charge on any atom is 0.313 e. The Morgan fingerprint density at radius 2 is 1.86 bits per heavy atom. The molecule has 112 valence electrons. The molecular formula is C17H21NO3. The molecule has 4 heteroatoms. The fourth-order valence-electron chi connectivity index (χ4n) is 3.68. The number of para-hydroxylation sites is 1. The van der Waals surface area contributed by atoms with E-state index in [0.717, 1.165) is 11.3 Å². The lowest BCUT2D eigenvalue weighted by Crippen LogP contribution is -2.50. The molecule has 1 aromatic rings. The zero-order chi connectivity index (χ0) is 15.5. The van der Waals surface area contributed by atoms with E-state index in [1.165, 1.54) is 0 Å². The molecule has 2 bridgehead atoms. The minimum absolute atomic E-state index is 0.212. The van der Waals surface area contributed by atoms with Crippen LogP contribution >= 0.6 is 0 Å². The lowest BCUT2D eigenvalue weighted by Gasteiger charge is -2.35. The molecule has 1 saturated heterocycles. The van der Waals surface area contributed by atoms with Crippen molar-refractivity contribution in [2.24, 2.45) is 10.8 Å². The third kappa shape index (κ3) is 1.56. The summed E-state index contributed by atoms with van der Waals surface area (Å²) in [5.41, 5.74) is -0.379. The van der Waals surface area contributed by atoms with Gasteiger partial charge in [-0.05, 0) is 38.3 Å². The van der Waals surface area contributed by atoms with E-state index < -0.39 is 16.4 Å². The summed E-state index contributed by atoms with van der Waals surface area (Å²) in [6, 6.07) is 7.61. The summed E-state index contributed by atoms with van der Waals surface area (Å²) in [6.07, 6.45) is 1.28. The second kappa shape index (κ2) is 4.09. The summed E-state index contributed by atoms with van der Waals surface area (Å²) in [6.45, 7) is 7.77. The molecule has 0 radical (unpaired) electrons. The quantitative estimate of drug-likeness (QED) is 0.851. The van der Waals surface area contributed by atoms with Gasteiger partial charge in [-0.2, -0.15) is 0 Å². The van der Waals surface area contributed by atoms with Gasteiger partial charge in [0.2, 0.25) is 0 Å². The number of rotatable bonds is 2. The Hall–Kier alpha value is -1.84.